The van der Waals surface area contributed by atoms with Crippen LogP contribution >= 0.6 is 0 Å². The molecule has 0 saturated carbocycles. The summed E-state index contributed by atoms with van der Waals surface area (Å²) in [7, 11) is 1.66. The largest absolute Gasteiger partial charge is 0.497 e. The molecule has 2 aromatic rings. The summed E-state index contributed by atoms with van der Waals surface area (Å²) in [4.78, 5) is 11.8. The van der Waals surface area contributed by atoms with E-state index in [0.717, 1.165) is 41.2 Å². The summed E-state index contributed by atoms with van der Waals surface area (Å²) in [6.07, 6.45) is 1.04. The molecular weight excluding hydrogens is 394 g/mol. The molecule has 0 amide bonds. The lowest BCUT2D eigenvalue weighted by atomic mass is 9.87. The first-order valence-electron chi connectivity index (χ1n) is 10.8. The second-order valence-corrected chi connectivity index (χ2v) is 8.33. The van der Waals surface area contributed by atoms with E-state index in [1.165, 1.54) is 6.92 Å². The van der Waals surface area contributed by atoms with E-state index < -0.39 is 17.8 Å². The minimum atomic E-state index is -0.701. The Labute approximate surface area is 184 Å². The second-order valence-electron chi connectivity index (χ2n) is 8.33. The predicted molar refractivity (Wildman–Crippen MR) is 121 cm³/mol. The Kier molecular flexibility index (Phi) is 7.44. The molecule has 2 unspecified atom stereocenters. The lowest BCUT2D eigenvalue weighted by Crippen LogP contribution is -2.51. The van der Waals surface area contributed by atoms with Gasteiger partial charge in [-0.05, 0) is 56.2 Å². The van der Waals surface area contributed by atoms with E-state index in [2.05, 4.69) is 12.2 Å². The van der Waals surface area contributed by atoms with E-state index in [1.807, 2.05) is 56.3 Å². The van der Waals surface area contributed by atoms with Crippen molar-refractivity contribution in [3.63, 3.8) is 0 Å². The average molecular weight is 428 g/mol. The summed E-state index contributed by atoms with van der Waals surface area (Å²) in [5.41, 5.74) is 2.28. The maximum absolute atomic E-state index is 11.8. The third kappa shape index (κ3) is 5.70. The molecule has 1 aliphatic heterocycles. The summed E-state index contributed by atoms with van der Waals surface area (Å²) < 4.78 is 23.3. The molecule has 0 spiro atoms. The number of ether oxygens (including phenoxy) is 4. The van der Waals surface area contributed by atoms with Crippen molar-refractivity contribution in [3.05, 3.63) is 53.6 Å². The number of fused-ring (bicyclic) bond motifs is 1. The SMILES string of the molecule is CCCCOC1c2cc(NCc3ccc(OC)cc3)ccc2OC(C)(C)C1OC(C)=O. The monoisotopic (exact) mass is 427 g/mol. The molecule has 2 atom stereocenters. The molecule has 0 saturated heterocycles. The second kappa shape index (κ2) is 10.1. The van der Waals surface area contributed by atoms with Crippen molar-refractivity contribution in [3.8, 4) is 11.5 Å². The van der Waals surface area contributed by atoms with Gasteiger partial charge in [-0.1, -0.05) is 25.5 Å². The fourth-order valence-corrected chi connectivity index (χ4v) is 3.70. The van der Waals surface area contributed by atoms with Crippen molar-refractivity contribution in [2.75, 3.05) is 19.0 Å². The summed E-state index contributed by atoms with van der Waals surface area (Å²) in [6.45, 7) is 8.66. The van der Waals surface area contributed by atoms with E-state index in [-0.39, 0.29) is 5.97 Å². The molecule has 0 bridgehead atoms. The van der Waals surface area contributed by atoms with Gasteiger partial charge in [0.05, 0.1) is 7.11 Å². The number of anilines is 1. The minimum Gasteiger partial charge on any atom is -0.497 e. The van der Waals surface area contributed by atoms with Crippen molar-refractivity contribution < 1.29 is 23.7 Å². The van der Waals surface area contributed by atoms with E-state index in [0.29, 0.717) is 13.2 Å². The van der Waals surface area contributed by atoms with Gasteiger partial charge in [0.25, 0.3) is 0 Å². The summed E-state index contributed by atoms with van der Waals surface area (Å²) >= 11 is 0. The van der Waals surface area contributed by atoms with Crippen LogP contribution in [0.2, 0.25) is 0 Å². The number of esters is 1. The molecule has 31 heavy (non-hydrogen) atoms. The Hall–Kier alpha value is -2.73. The zero-order valence-corrected chi connectivity index (χ0v) is 19.1. The van der Waals surface area contributed by atoms with Gasteiger partial charge < -0.3 is 24.3 Å². The molecule has 6 heteroatoms. The Morgan fingerprint density at radius 2 is 1.90 bits per heavy atom. The average Bonchev–Trinajstić information content (AvgIpc) is 2.74. The van der Waals surface area contributed by atoms with Crippen LogP contribution in [-0.4, -0.2) is 31.4 Å². The Morgan fingerprint density at radius 3 is 2.55 bits per heavy atom. The maximum Gasteiger partial charge on any atom is 0.303 e. The Bertz CT molecular complexity index is 878. The number of nitrogens with one attached hydrogen (secondary N) is 1. The number of rotatable bonds is 9. The zero-order valence-electron chi connectivity index (χ0n) is 19.1. The molecule has 6 nitrogen and oxygen atoms in total. The van der Waals surface area contributed by atoms with E-state index in [1.54, 1.807) is 7.11 Å². The smallest absolute Gasteiger partial charge is 0.303 e. The summed E-state index contributed by atoms with van der Waals surface area (Å²) in [5.74, 6) is 1.24. The number of unbranched alkanes of at least 4 members (excludes halogenated alkanes) is 1. The molecule has 0 aliphatic carbocycles. The van der Waals surface area contributed by atoms with Crippen molar-refractivity contribution in [1.29, 1.82) is 0 Å². The zero-order chi connectivity index (χ0) is 22.4. The molecule has 2 aromatic carbocycles. The molecule has 0 fully saturated rings. The van der Waals surface area contributed by atoms with E-state index in [4.69, 9.17) is 18.9 Å². The van der Waals surface area contributed by atoms with Crippen molar-refractivity contribution >= 4 is 11.7 Å². The van der Waals surface area contributed by atoms with Crippen LogP contribution in [0.4, 0.5) is 5.69 Å². The number of hydrogen-bond acceptors (Lipinski definition) is 6. The highest BCUT2D eigenvalue weighted by atomic mass is 16.6. The van der Waals surface area contributed by atoms with Crippen LogP contribution in [-0.2, 0) is 20.8 Å². The lowest BCUT2D eigenvalue weighted by Gasteiger charge is -2.43. The third-order valence-electron chi connectivity index (χ3n) is 5.39. The van der Waals surface area contributed by atoms with E-state index >= 15 is 0 Å². The first-order chi connectivity index (χ1) is 14.8. The van der Waals surface area contributed by atoms with Crippen LogP contribution < -0.4 is 14.8 Å². The van der Waals surface area contributed by atoms with Crippen molar-refractivity contribution in [2.45, 2.75) is 64.9 Å². The molecule has 0 radical (unpaired) electrons. The molecule has 1 N–H and O–H groups in total. The van der Waals surface area contributed by atoms with Crippen LogP contribution in [0.25, 0.3) is 0 Å². The van der Waals surface area contributed by atoms with Gasteiger partial charge in [-0.25, -0.2) is 0 Å². The van der Waals surface area contributed by atoms with Gasteiger partial charge in [-0.15, -0.1) is 0 Å². The van der Waals surface area contributed by atoms with Crippen LogP contribution in [0, 0.1) is 0 Å². The van der Waals surface area contributed by atoms with Gasteiger partial charge in [-0.3, -0.25) is 4.79 Å². The third-order valence-corrected chi connectivity index (χ3v) is 5.39. The van der Waals surface area contributed by atoms with Gasteiger partial charge in [0.1, 0.15) is 23.2 Å². The number of methoxy groups -OCH3 is 1. The quantitative estimate of drug-likeness (QED) is 0.435. The van der Waals surface area contributed by atoms with Gasteiger partial charge in [0.15, 0.2) is 6.10 Å². The molecule has 1 heterocycles. The first-order valence-corrected chi connectivity index (χ1v) is 10.8. The normalized spacial score (nSPS) is 19.1. The number of hydrogen-bond donors (Lipinski definition) is 1. The van der Waals surface area contributed by atoms with Crippen molar-refractivity contribution in [2.24, 2.45) is 0 Å². The van der Waals surface area contributed by atoms with Gasteiger partial charge in [-0.2, -0.15) is 0 Å². The van der Waals surface area contributed by atoms with Crippen LogP contribution in [0.1, 0.15) is 57.8 Å². The number of benzene rings is 2. The standard InChI is InChI=1S/C25H33NO5/c1-6-7-14-29-23-21-15-19(26-16-18-8-11-20(28-5)12-9-18)10-13-22(21)31-25(3,4)24(23)30-17(2)27/h8-13,15,23-24,26H,6-7,14,16H2,1-5H3. The highest BCUT2D eigenvalue weighted by Gasteiger charge is 2.47. The highest BCUT2D eigenvalue weighted by molar-refractivity contribution is 5.66. The molecule has 1 aliphatic rings. The Morgan fingerprint density at radius 1 is 1.16 bits per heavy atom. The van der Waals surface area contributed by atoms with Crippen LogP contribution in [0.5, 0.6) is 11.5 Å². The predicted octanol–water partition coefficient (Wildman–Crippen LogP) is 5.27. The van der Waals surface area contributed by atoms with Gasteiger partial charge in [0.2, 0.25) is 0 Å². The van der Waals surface area contributed by atoms with Gasteiger partial charge in [0, 0.05) is 31.3 Å². The minimum absolute atomic E-state index is 0.344. The summed E-state index contributed by atoms with van der Waals surface area (Å²) in [6, 6.07) is 13.9. The van der Waals surface area contributed by atoms with Crippen LogP contribution in [0.15, 0.2) is 42.5 Å². The molecule has 3 rings (SSSR count). The van der Waals surface area contributed by atoms with Crippen molar-refractivity contribution in [1.82, 2.24) is 0 Å². The fraction of sp³-hybridized carbons (Fsp3) is 0.480. The number of carbonyl (C=O) groups excluding carboxylic acids is 1. The number of carbonyl (C=O) groups is 1. The first kappa shape index (κ1) is 22.9. The van der Waals surface area contributed by atoms with Crippen LogP contribution in [0.3, 0.4) is 0 Å². The van der Waals surface area contributed by atoms with Gasteiger partial charge >= 0.3 is 5.97 Å². The maximum atomic E-state index is 11.8. The molecule has 168 valence electrons. The molecular formula is C25H33NO5. The van der Waals surface area contributed by atoms with E-state index in [9.17, 15) is 4.79 Å². The highest BCUT2D eigenvalue weighted by Crippen LogP contribution is 2.44. The molecule has 0 aromatic heterocycles. The Balaban J connectivity index is 1.83. The topological polar surface area (TPSA) is 66.0 Å². The lowest BCUT2D eigenvalue weighted by molar-refractivity contribution is -0.182. The fourth-order valence-electron chi connectivity index (χ4n) is 3.70. The summed E-state index contributed by atoms with van der Waals surface area (Å²) in [5, 5.41) is 3.45.